The first-order valence-electron chi connectivity index (χ1n) is 8.90. The molecule has 5 nitrogen and oxygen atoms in total. The van der Waals surface area contributed by atoms with Crippen LogP contribution in [0, 0.1) is 13.8 Å². The van der Waals surface area contributed by atoms with Crippen molar-refractivity contribution in [1.82, 2.24) is 5.32 Å². The number of nitrogens with one attached hydrogen (secondary N) is 2. The van der Waals surface area contributed by atoms with Crippen LogP contribution < -0.4 is 15.5 Å². The summed E-state index contributed by atoms with van der Waals surface area (Å²) in [5, 5.41) is 5.92. The molecule has 0 saturated carbocycles. The molecule has 2 amide bonds. The van der Waals surface area contributed by atoms with Crippen LogP contribution in [0.15, 0.2) is 42.5 Å². The summed E-state index contributed by atoms with van der Waals surface area (Å²) in [4.78, 5) is 26.6. The molecule has 0 radical (unpaired) electrons. The van der Waals surface area contributed by atoms with Gasteiger partial charge in [-0.25, -0.2) is 0 Å². The Morgan fingerprint density at radius 2 is 1.92 bits per heavy atom. The summed E-state index contributed by atoms with van der Waals surface area (Å²) in [7, 11) is 0. The molecule has 1 aliphatic rings. The molecule has 0 aromatic heterocycles. The molecule has 0 fully saturated rings. The van der Waals surface area contributed by atoms with Crippen molar-refractivity contribution in [2.24, 2.45) is 0 Å². The van der Waals surface area contributed by atoms with Gasteiger partial charge in [0.15, 0.2) is 0 Å². The van der Waals surface area contributed by atoms with E-state index in [-0.39, 0.29) is 24.4 Å². The minimum absolute atomic E-state index is 0.0917. The largest absolute Gasteiger partial charge is 0.349 e. The van der Waals surface area contributed by atoms with Gasteiger partial charge in [-0.3, -0.25) is 9.59 Å². The Morgan fingerprint density at radius 1 is 1.19 bits per heavy atom. The van der Waals surface area contributed by atoms with Crippen LogP contribution in [0.3, 0.4) is 0 Å². The van der Waals surface area contributed by atoms with Gasteiger partial charge in [0, 0.05) is 0 Å². The molecule has 0 aliphatic carbocycles. The van der Waals surface area contributed by atoms with Gasteiger partial charge in [0.1, 0.15) is 6.04 Å². The van der Waals surface area contributed by atoms with Crippen LogP contribution in [0.4, 0.5) is 11.4 Å². The molecule has 26 heavy (non-hydrogen) atoms. The van der Waals surface area contributed by atoms with Crippen molar-refractivity contribution < 1.29 is 9.59 Å². The quantitative estimate of drug-likeness (QED) is 0.888. The zero-order valence-electron chi connectivity index (χ0n) is 15.7. The maximum atomic E-state index is 12.6. The van der Waals surface area contributed by atoms with Gasteiger partial charge in [-0.05, 0) is 56.5 Å². The number of para-hydroxylation sites is 2. The highest BCUT2D eigenvalue weighted by Gasteiger charge is 2.30. The number of benzene rings is 2. The lowest BCUT2D eigenvalue weighted by molar-refractivity contribution is -0.120. The zero-order chi connectivity index (χ0) is 18.8. The number of amides is 2. The number of rotatable bonds is 4. The SMILES string of the molecule is Cc1ccc([C@H](C)NC(=O)CN2c3ccccc3NC(=O)[C@H]2C)cc1C. The first-order valence-corrected chi connectivity index (χ1v) is 8.90. The van der Waals surface area contributed by atoms with Gasteiger partial charge >= 0.3 is 0 Å². The topological polar surface area (TPSA) is 61.4 Å². The highest BCUT2D eigenvalue weighted by Crippen LogP contribution is 2.31. The lowest BCUT2D eigenvalue weighted by atomic mass is 10.0. The Balaban J connectivity index is 1.73. The fourth-order valence-electron chi connectivity index (χ4n) is 3.20. The molecule has 1 aliphatic heterocycles. The van der Waals surface area contributed by atoms with Crippen molar-refractivity contribution in [2.45, 2.75) is 39.8 Å². The molecule has 0 bridgehead atoms. The smallest absolute Gasteiger partial charge is 0.246 e. The predicted molar refractivity (Wildman–Crippen MR) is 104 cm³/mol. The summed E-state index contributed by atoms with van der Waals surface area (Å²) in [6, 6.07) is 13.3. The number of carbonyl (C=O) groups is 2. The van der Waals surface area contributed by atoms with Crippen molar-refractivity contribution in [3.63, 3.8) is 0 Å². The van der Waals surface area contributed by atoms with Crippen LogP contribution in [0.1, 0.15) is 36.6 Å². The second-order valence-electron chi connectivity index (χ2n) is 6.94. The lowest BCUT2D eigenvalue weighted by Crippen LogP contribution is -2.50. The molecule has 0 spiro atoms. The predicted octanol–water partition coefficient (Wildman–Crippen LogP) is 3.33. The first-order chi connectivity index (χ1) is 12.4. The van der Waals surface area contributed by atoms with Crippen molar-refractivity contribution in [3.8, 4) is 0 Å². The van der Waals surface area contributed by atoms with E-state index < -0.39 is 6.04 Å². The van der Waals surface area contributed by atoms with E-state index >= 15 is 0 Å². The number of anilines is 2. The van der Waals surface area contributed by atoms with Crippen molar-refractivity contribution in [1.29, 1.82) is 0 Å². The lowest BCUT2D eigenvalue weighted by Gasteiger charge is -2.35. The maximum Gasteiger partial charge on any atom is 0.246 e. The number of fused-ring (bicyclic) bond motifs is 1. The number of aryl methyl sites for hydroxylation is 2. The molecule has 1 heterocycles. The second-order valence-corrected chi connectivity index (χ2v) is 6.94. The Labute approximate surface area is 154 Å². The van der Waals surface area contributed by atoms with Gasteiger partial charge in [-0.2, -0.15) is 0 Å². The van der Waals surface area contributed by atoms with Crippen LogP contribution in [0.5, 0.6) is 0 Å². The van der Waals surface area contributed by atoms with Crippen molar-refractivity contribution >= 4 is 23.2 Å². The van der Waals surface area contributed by atoms with Gasteiger partial charge in [-0.15, -0.1) is 0 Å². The van der Waals surface area contributed by atoms with Crippen LogP contribution in [0.25, 0.3) is 0 Å². The average molecular weight is 351 g/mol. The standard InChI is InChI=1S/C21H25N3O2/c1-13-9-10-17(11-14(13)2)15(3)22-20(25)12-24-16(4)21(26)23-18-7-5-6-8-19(18)24/h5-11,15-16H,12H2,1-4H3,(H,22,25)(H,23,26)/t15-,16+/m0/s1. The fourth-order valence-corrected chi connectivity index (χ4v) is 3.20. The van der Waals surface area contributed by atoms with Crippen molar-refractivity contribution in [2.75, 3.05) is 16.8 Å². The third-order valence-corrected chi connectivity index (χ3v) is 5.04. The first kappa shape index (κ1) is 18.0. The molecule has 0 saturated heterocycles. The van der Waals surface area contributed by atoms with E-state index in [9.17, 15) is 9.59 Å². The molecule has 5 heteroatoms. The molecule has 2 N–H and O–H groups in total. The van der Waals surface area contributed by atoms with Crippen molar-refractivity contribution in [3.05, 3.63) is 59.2 Å². The summed E-state index contributed by atoms with van der Waals surface area (Å²) in [5.74, 6) is -0.203. The number of carbonyl (C=O) groups excluding carboxylic acids is 2. The number of hydrogen-bond acceptors (Lipinski definition) is 3. The summed E-state index contributed by atoms with van der Waals surface area (Å²) in [6.45, 7) is 8.06. The number of hydrogen-bond donors (Lipinski definition) is 2. The Hall–Kier alpha value is -2.82. The van der Waals surface area contributed by atoms with E-state index in [4.69, 9.17) is 0 Å². The minimum atomic E-state index is -0.396. The van der Waals surface area contributed by atoms with Crippen LogP contribution in [-0.4, -0.2) is 24.4 Å². The second kappa shape index (κ2) is 7.20. The average Bonchev–Trinajstić information content (AvgIpc) is 2.61. The molecule has 2 aromatic rings. The van der Waals surface area contributed by atoms with Gasteiger partial charge in [0.25, 0.3) is 0 Å². The van der Waals surface area contributed by atoms with E-state index in [1.54, 1.807) is 0 Å². The zero-order valence-corrected chi connectivity index (χ0v) is 15.7. The Bertz CT molecular complexity index is 847. The van der Waals surface area contributed by atoms with Gasteiger partial charge < -0.3 is 15.5 Å². The van der Waals surface area contributed by atoms with Crippen LogP contribution >= 0.6 is 0 Å². The molecule has 136 valence electrons. The molecule has 2 atom stereocenters. The van der Waals surface area contributed by atoms with E-state index in [2.05, 4.69) is 36.6 Å². The van der Waals surface area contributed by atoms with Crippen LogP contribution in [0.2, 0.25) is 0 Å². The number of nitrogens with zero attached hydrogens (tertiary/aromatic N) is 1. The summed E-state index contributed by atoms with van der Waals surface area (Å²) >= 11 is 0. The van der Waals surface area contributed by atoms with Gasteiger partial charge in [0.2, 0.25) is 11.8 Å². The monoisotopic (exact) mass is 351 g/mol. The van der Waals surface area contributed by atoms with E-state index in [1.165, 1.54) is 11.1 Å². The Morgan fingerprint density at radius 3 is 2.65 bits per heavy atom. The molecular formula is C21H25N3O2. The van der Waals surface area contributed by atoms with E-state index in [1.807, 2.05) is 49.1 Å². The van der Waals surface area contributed by atoms with E-state index in [0.29, 0.717) is 0 Å². The molecule has 0 unspecified atom stereocenters. The maximum absolute atomic E-state index is 12.6. The van der Waals surface area contributed by atoms with E-state index in [0.717, 1.165) is 16.9 Å². The minimum Gasteiger partial charge on any atom is -0.349 e. The Kier molecular flexibility index (Phi) is 4.98. The summed E-state index contributed by atoms with van der Waals surface area (Å²) < 4.78 is 0. The summed E-state index contributed by atoms with van der Waals surface area (Å²) in [5.41, 5.74) is 5.13. The van der Waals surface area contributed by atoms with Crippen LogP contribution in [-0.2, 0) is 9.59 Å². The van der Waals surface area contributed by atoms with Gasteiger partial charge in [-0.1, -0.05) is 30.3 Å². The third kappa shape index (κ3) is 3.57. The highest BCUT2D eigenvalue weighted by atomic mass is 16.2. The van der Waals surface area contributed by atoms with Gasteiger partial charge in [0.05, 0.1) is 24.0 Å². The molecule has 2 aromatic carbocycles. The highest BCUT2D eigenvalue weighted by molar-refractivity contribution is 6.04. The third-order valence-electron chi connectivity index (χ3n) is 5.04. The normalized spacial score (nSPS) is 17.3. The molecular weight excluding hydrogens is 326 g/mol. The fraction of sp³-hybridized carbons (Fsp3) is 0.333. The summed E-state index contributed by atoms with van der Waals surface area (Å²) in [6.07, 6.45) is 0. The molecule has 3 rings (SSSR count).